The van der Waals surface area contributed by atoms with Gasteiger partial charge in [0.05, 0.1) is 6.61 Å². The predicted molar refractivity (Wildman–Crippen MR) is 41.1 cm³/mol. The molecular formula is C6H5ClF2N2O3. The van der Waals surface area contributed by atoms with Crippen LogP contribution in [0.5, 0.6) is 0 Å². The minimum Gasteiger partial charge on any atom is -0.457 e. The van der Waals surface area contributed by atoms with Gasteiger partial charge in [0.15, 0.2) is 0 Å². The molecule has 0 N–H and O–H groups in total. The van der Waals surface area contributed by atoms with Crippen LogP contribution in [0.15, 0.2) is 0 Å². The first-order chi connectivity index (χ1) is 6.34. The number of rotatable bonds is 4. The van der Waals surface area contributed by atoms with E-state index in [1.807, 2.05) is 0 Å². The van der Waals surface area contributed by atoms with Crippen molar-refractivity contribution in [2.45, 2.75) is 12.3 Å². The van der Waals surface area contributed by atoms with Gasteiger partial charge in [0.2, 0.25) is 0 Å². The largest absolute Gasteiger partial charge is 0.457 e. The molecule has 14 heavy (non-hydrogen) atoms. The quantitative estimate of drug-likeness (QED) is 0.176. The van der Waals surface area contributed by atoms with E-state index in [1.165, 1.54) is 6.92 Å². The van der Waals surface area contributed by atoms with Gasteiger partial charge in [0, 0.05) is 0 Å². The second-order valence-corrected chi connectivity index (χ2v) is 2.47. The van der Waals surface area contributed by atoms with Crippen LogP contribution in [0.1, 0.15) is 6.92 Å². The molecule has 0 aliphatic heterocycles. The lowest BCUT2D eigenvalue weighted by molar-refractivity contribution is -0.144. The van der Waals surface area contributed by atoms with Crippen LogP contribution in [0, 0.1) is 0 Å². The number of ether oxygens (including phenoxy) is 1. The van der Waals surface area contributed by atoms with Crippen LogP contribution in [0.25, 0.3) is 5.53 Å². The Balaban J connectivity index is 4.87. The average Bonchev–Trinajstić information content (AvgIpc) is 2.04. The first kappa shape index (κ1) is 12.7. The Labute approximate surface area is 82.2 Å². The van der Waals surface area contributed by atoms with E-state index in [4.69, 9.17) is 5.53 Å². The number of hydrogen-bond acceptors (Lipinski definition) is 3. The Bertz CT molecular complexity index is 307. The summed E-state index contributed by atoms with van der Waals surface area (Å²) < 4.78 is 28.5. The number of nitrogens with zero attached hydrogens (tertiary/aromatic N) is 2. The van der Waals surface area contributed by atoms with E-state index in [-0.39, 0.29) is 6.61 Å². The summed E-state index contributed by atoms with van der Waals surface area (Å²) in [6.45, 7) is 1.23. The molecule has 8 heteroatoms. The van der Waals surface area contributed by atoms with E-state index in [1.54, 1.807) is 0 Å². The molecule has 0 aromatic heterocycles. The molecule has 0 bridgehead atoms. The number of Topliss-reactive ketones (excluding diaryl/α,β-unsaturated/α-hetero) is 1. The third-order valence-electron chi connectivity index (χ3n) is 1.04. The third kappa shape index (κ3) is 3.20. The van der Waals surface area contributed by atoms with Gasteiger partial charge in [-0.2, -0.15) is 13.6 Å². The van der Waals surface area contributed by atoms with Crippen molar-refractivity contribution < 1.29 is 27.9 Å². The number of halogens is 3. The van der Waals surface area contributed by atoms with Crippen molar-refractivity contribution in [3.8, 4) is 0 Å². The predicted octanol–water partition coefficient (Wildman–Crippen LogP) is 0.621. The Morgan fingerprint density at radius 1 is 1.57 bits per heavy atom. The number of hydrogen-bond donors (Lipinski definition) is 0. The second-order valence-electron chi connectivity index (χ2n) is 2.00. The van der Waals surface area contributed by atoms with Gasteiger partial charge in [-0.25, -0.2) is 4.79 Å². The number of esters is 1. The van der Waals surface area contributed by atoms with Crippen molar-refractivity contribution in [3.05, 3.63) is 5.53 Å². The van der Waals surface area contributed by atoms with Crippen LogP contribution >= 0.6 is 11.6 Å². The van der Waals surface area contributed by atoms with Gasteiger partial charge >= 0.3 is 22.8 Å². The molecule has 78 valence electrons. The van der Waals surface area contributed by atoms with Crippen molar-refractivity contribution in [2.75, 3.05) is 6.61 Å². The maximum atomic E-state index is 12.2. The van der Waals surface area contributed by atoms with E-state index >= 15 is 0 Å². The molecule has 0 aromatic rings. The molecule has 0 saturated carbocycles. The van der Waals surface area contributed by atoms with Gasteiger partial charge in [-0.1, -0.05) is 0 Å². The van der Waals surface area contributed by atoms with Gasteiger partial charge in [-0.05, 0) is 18.5 Å². The summed E-state index contributed by atoms with van der Waals surface area (Å²) in [7, 11) is 0. The Kier molecular flexibility index (Phi) is 4.33. The van der Waals surface area contributed by atoms with Crippen LogP contribution in [-0.4, -0.2) is 34.2 Å². The van der Waals surface area contributed by atoms with E-state index in [0.717, 1.165) is 0 Å². The van der Waals surface area contributed by atoms with E-state index in [9.17, 15) is 18.4 Å². The molecule has 0 heterocycles. The zero-order valence-corrected chi connectivity index (χ0v) is 7.72. The average molecular weight is 227 g/mol. The summed E-state index contributed by atoms with van der Waals surface area (Å²) in [6, 6.07) is 0. The monoisotopic (exact) mass is 226 g/mol. The summed E-state index contributed by atoms with van der Waals surface area (Å²) >= 11 is 4.32. The Morgan fingerprint density at radius 3 is 2.36 bits per heavy atom. The summed E-state index contributed by atoms with van der Waals surface area (Å²) in [5.74, 6) is -3.57. The fourth-order valence-electron chi connectivity index (χ4n) is 0.513. The van der Waals surface area contributed by atoms with E-state index < -0.39 is 22.8 Å². The molecule has 0 rings (SSSR count). The van der Waals surface area contributed by atoms with Gasteiger partial charge in [-0.15, -0.1) is 0 Å². The van der Waals surface area contributed by atoms with Crippen molar-refractivity contribution in [3.63, 3.8) is 0 Å². The summed E-state index contributed by atoms with van der Waals surface area (Å²) in [4.78, 5) is 23.5. The summed E-state index contributed by atoms with van der Waals surface area (Å²) in [6.07, 6.45) is 0. The highest BCUT2D eigenvalue weighted by Crippen LogP contribution is 2.20. The molecule has 5 nitrogen and oxygen atoms in total. The van der Waals surface area contributed by atoms with Crippen LogP contribution < -0.4 is 0 Å². The molecule has 0 atom stereocenters. The Morgan fingerprint density at radius 2 is 2.07 bits per heavy atom. The van der Waals surface area contributed by atoms with Crippen LogP contribution in [-0.2, 0) is 14.3 Å². The highest BCUT2D eigenvalue weighted by atomic mass is 35.5. The molecular weight excluding hydrogens is 222 g/mol. The molecule has 0 aromatic carbocycles. The zero-order chi connectivity index (χ0) is 11.4. The molecule has 0 radical (unpaired) electrons. The number of alkyl halides is 3. The highest BCUT2D eigenvalue weighted by Gasteiger charge is 2.48. The maximum Gasteiger partial charge on any atom is 0.449 e. The Hall–Kier alpha value is -1.33. The van der Waals surface area contributed by atoms with Crippen molar-refractivity contribution in [1.82, 2.24) is 0 Å². The first-order valence-corrected chi connectivity index (χ1v) is 3.73. The molecule has 0 spiro atoms. The number of ketones is 1. The van der Waals surface area contributed by atoms with Gasteiger partial charge in [-0.3, -0.25) is 4.79 Å². The summed E-state index contributed by atoms with van der Waals surface area (Å²) in [5.41, 5.74) is 6.69. The van der Waals surface area contributed by atoms with Crippen molar-refractivity contribution in [1.29, 1.82) is 0 Å². The lowest BCUT2D eigenvalue weighted by atomic mass is 10.2. The minimum atomic E-state index is -4.30. The van der Waals surface area contributed by atoms with E-state index in [0.29, 0.717) is 0 Å². The van der Waals surface area contributed by atoms with Gasteiger partial charge in [0.25, 0.3) is 0 Å². The maximum absolute atomic E-state index is 12.2. The normalized spacial score (nSPS) is 10.3. The van der Waals surface area contributed by atoms with Crippen LogP contribution in [0.2, 0.25) is 0 Å². The van der Waals surface area contributed by atoms with Gasteiger partial charge < -0.3 is 10.3 Å². The lowest BCUT2D eigenvalue weighted by Crippen LogP contribution is -2.36. The number of carbonyl (C=O) groups is 2. The topological polar surface area (TPSA) is 79.8 Å². The fourth-order valence-corrected chi connectivity index (χ4v) is 0.602. The smallest absolute Gasteiger partial charge is 0.449 e. The molecule has 0 aliphatic carbocycles. The number of carbonyl (C=O) groups excluding carboxylic acids is 2. The van der Waals surface area contributed by atoms with Crippen molar-refractivity contribution >= 4 is 29.1 Å². The molecule has 0 unspecified atom stereocenters. The minimum absolute atomic E-state index is 0.154. The zero-order valence-electron chi connectivity index (χ0n) is 6.96. The fraction of sp³-hybridized carbons (Fsp3) is 0.500. The van der Waals surface area contributed by atoms with Crippen molar-refractivity contribution in [2.24, 2.45) is 0 Å². The molecule has 0 aliphatic rings. The van der Waals surface area contributed by atoms with E-state index in [2.05, 4.69) is 21.1 Å². The molecule has 0 saturated heterocycles. The molecule has 0 amide bonds. The third-order valence-corrected chi connectivity index (χ3v) is 1.21. The lowest BCUT2D eigenvalue weighted by Gasteiger charge is -2.01. The van der Waals surface area contributed by atoms with Crippen LogP contribution in [0.3, 0.4) is 0 Å². The van der Waals surface area contributed by atoms with Crippen LogP contribution in [0.4, 0.5) is 8.78 Å². The first-order valence-electron chi connectivity index (χ1n) is 3.35. The second kappa shape index (κ2) is 4.78. The van der Waals surface area contributed by atoms with Gasteiger partial charge in [0.1, 0.15) is 0 Å². The summed E-state index contributed by atoms with van der Waals surface area (Å²) in [5, 5.41) is -4.30. The highest BCUT2D eigenvalue weighted by molar-refractivity contribution is 6.67. The SMILES string of the molecule is CCOC(=O)C(=[N+]=[N-])C(=O)C(F)(F)Cl. The standard InChI is InChI=1S/C6H5ClF2N2O3/c1-2-14-5(13)3(11-10)4(12)6(7,8)9/h2H2,1H3. The molecule has 0 fully saturated rings.